The molecule has 3 atom stereocenters. The fourth-order valence-corrected chi connectivity index (χ4v) is 3.41. The zero-order valence-corrected chi connectivity index (χ0v) is 16.2. The van der Waals surface area contributed by atoms with Gasteiger partial charge in [-0.2, -0.15) is 0 Å². The van der Waals surface area contributed by atoms with Gasteiger partial charge in [-0.05, 0) is 44.4 Å². The lowest BCUT2D eigenvalue weighted by Gasteiger charge is -2.22. The maximum atomic E-state index is 13.0. The summed E-state index contributed by atoms with van der Waals surface area (Å²) in [6, 6.07) is 17.1. The van der Waals surface area contributed by atoms with E-state index in [0.29, 0.717) is 0 Å². The summed E-state index contributed by atoms with van der Waals surface area (Å²) in [5.41, 5.74) is 4.09. The minimum atomic E-state index is -0.575. The molecule has 0 bridgehead atoms. The van der Waals surface area contributed by atoms with Crippen LogP contribution in [-0.4, -0.2) is 22.9 Å². The van der Waals surface area contributed by atoms with Gasteiger partial charge >= 0.3 is 6.09 Å². The first-order chi connectivity index (χ1) is 12.9. The molecule has 1 heterocycles. The number of benzene rings is 2. The summed E-state index contributed by atoms with van der Waals surface area (Å²) in [5, 5.41) is 0. The third-order valence-electron chi connectivity index (χ3n) is 4.90. The van der Waals surface area contributed by atoms with E-state index in [9.17, 15) is 9.59 Å². The molecule has 1 aliphatic heterocycles. The number of allylic oxidation sites excluding steroid dienone is 1. The quantitative estimate of drug-likeness (QED) is 0.738. The Morgan fingerprint density at radius 1 is 1.07 bits per heavy atom. The average molecular weight is 363 g/mol. The van der Waals surface area contributed by atoms with Crippen molar-refractivity contribution < 1.29 is 14.3 Å². The van der Waals surface area contributed by atoms with Crippen LogP contribution in [0.1, 0.15) is 56.4 Å². The number of amides is 2. The fraction of sp³-hybridized carbons (Fsp3) is 0.304. The molecule has 1 fully saturated rings. The highest BCUT2D eigenvalue weighted by Crippen LogP contribution is 2.34. The maximum absolute atomic E-state index is 13.0. The first kappa shape index (κ1) is 18.9. The van der Waals surface area contributed by atoms with Gasteiger partial charge in [0.1, 0.15) is 6.10 Å². The number of cyclic esters (lactones) is 1. The Hall–Kier alpha value is -2.88. The van der Waals surface area contributed by atoms with Gasteiger partial charge in [0.2, 0.25) is 5.91 Å². The number of carbonyl (C=O) groups excluding carboxylic acids is 2. The number of nitrogens with zero attached hydrogens (tertiary/aromatic N) is 1. The van der Waals surface area contributed by atoms with E-state index < -0.39 is 18.1 Å². The first-order valence-electron chi connectivity index (χ1n) is 9.22. The van der Waals surface area contributed by atoms with E-state index in [4.69, 9.17) is 4.74 Å². The number of ether oxygens (including phenoxy) is 1. The van der Waals surface area contributed by atoms with Gasteiger partial charge in [-0.25, -0.2) is 9.69 Å². The Balaban J connectivity index is 1.78. The molecule has 0 spiro atoms. The van der Waals surface area contributed by atoms with Crippen molar-refractivity contribution in [2.45, 2.75) is 45.8 Å². The molecule has 0 unspecified atom stereocenters. The molecule has 4 nitrogen and oxygen atoms in total. The molecule has 2 aromatic rings. The van der Waals surface area contributed by atoms with Crippen LogP contribution in [-0.2, 0) is 9.53 Å². The Kier molecular flexibility index (Phi) is 5.45. The van der Waals surface area contributed by atoms with Crippen molar-refractivity contribution in [3.63, 3.8) is 0 Å². The van der Waals surface area contributed by atoms with Crippen LogP contribution in [0.5, 0.6) is 0 Å². The highest BCUT2D eigenvalue weighted by atomic mass is 16.6. The van der Waals surface area contributed by atoms with E-state index in [1.807, 2.05) is 82.3 Å². The van der Waals surface area contributed by atoms with Crippen LogP contribution in [0.15, 0.2) is 60.2 Å². The van der Waals surface area contributed by atoms with E-state index in [-0.39, 0.29) is 11.9 Å². The van der Waals surface area contributed by atoms with E-state index in [1.54, 1.807) is 0 Å². The van der Waals surface area contributed by atoms with Crippen LogP contribution in [0.25, 0.3) is 6.08 Å². The number of rotatable bonds is 4. The molecule has 140 valence electrons. The van der Waals surface area contributed by atoms with Crippen LogP contribution in [0.4, 0.5) is 4.79 Å². The summed E-state index contributed by atoms with van der Waals surface area (Å²) in [5.74, 6) is -0.656. The Morgan fingerprint density at radius 2 is 1.70 bits per heavy atom. The summed E-state index contributed by atoms with van der Waals surface area (Å²) in [6.45, 7) is 7.77. The fourth-order valence-electron chi connectivity index (χ4n) is 3.41. The van der Waals surface area contributed by atoms with Gasteiger partial charge in [0.25, 0.3) is 0 Å². The van der Waals surface area contributed by atoms with E-state index in [1.165, 1.54) is 10.5 Å². The summed E-state index contributed by atoms with van der Waals surface area (Å²) in [4.78, 5) is 26.7. The molecule has 0 aliphatic carbocycles. The minimum absolute atomic E-state index is 0.235. The second-order valence-electron chi connectivity index (χ2n) is 7.27. The number of hydrogen-bond donors (Lipinski definition) is 0. The van der Waals surface area contributed by atoms with Gasteiger partial charge in [0.05, 0.1) is 12.0 Å². The molecule has 4 heteroatoms. The molecule has 1 saturated heterocycles. The number of imide groups is 1. The molecule has 27 heavy (non-hydrogen) atoms. The molecule has 2 amide bonds. The minimum Gasteiger partial charge on any atom is -0.439 e. The highest BCUT2D eigenvalue weighted by Gasteiger charge is 2.44. The lowest BCUT2D eigenvalue weighted by atomic mass is 9.96. The molecular formula is C23H25NO3. The molecule has 0 radical (unpaired) electrons. The van der Waals surface area contributed by atoms with Crippen molar-refractivity contribution >= 4 is 18.1 Å². The number of carbonyl (C=O) groups is 2. The molecule has 1 aliphatic rings. The molecular weight excluding hydrogens is 338 g/mol. The summed E-state index contributed by atoms with van der Waals surface area (Å²) in [6.07, 6.45) is 1.07. The van der Waals surface area contributed by atoms with E-state index in [2.05, 4.69) is 6.08 Å². The van der Waals surface area contributed by atoms with Crippen LogP contribution in [0.2, 0.25) is 0 Å². The van der Waals surface area contributed by atoms with Gasteiger partial charge in [-0.15, -0.1) is 0 Å². The second kappa shape index (κ2) is 7.78. The van der Waals surface area contributed by atoms with Crippen molar-refractivity contribution in [3.8, 4) is 0 Å². The topological polar surface area (TPSA) is 46.6 Å². The third-order valence-corrected chi connectivity index (χ3v) is 4.90. The highest BCUT2D eigenvalue weighted by molar-refractivity contribution is 5.97. The smallest absolute Gasteiger partial charge is 0.417 e. The van der Waals surface area contributed by atoms with Gasteiger partial charge < -0.3 is 4.74 Å². The van der Waals surface area contributed by atoms with Crippen molar-refractivity contribution in [2.24, 2.45) is 0 Å². The second-order valence-corrected chi connectivity index (χ2v) is 7.27. The van der Waals surface area contributed by atoms with Gasteiger partial charge in [-0.1, -0.05) is 66.2 Å². The normalized spacial score (nSPS) is 20.1. The largest absolute Gasteiger partial charge is 0.439 e. The van der Waals surface area contributed by atoms with Crippen molar-refractivity contribution in [1.29, 1.82) is 0 Å². The van der Waals surface area contributed by atoms with Gasteiger partial charge in [0, 0.05) is 0 Å². The van der Waals surface area contributed by atoms with Gasteiger partial charge in [0.15, 0.2) is 0 Å². The molecule has 0 aromatic heterocycles. The van der Waals surface area contributed by atoms with Crippen molar-refractivity contribution in [1.82, 2.24) is 4.90 Å². The number of hydrogen-bond acceptors (Lipinski definition) is 3. The maximum Gasteiger partial charge on any atom is 0.417 e. The Bertz CT molecular complexity index is 851. The zero-order chi connectivity index (χ0) is 19.6. The molecule has 0 N–H and O–H groups in total. The first-order valence-corrected chi connectivity index (χ1v) is 9.22. The van der Waals surface area contributed by atoms with Crippen LogP contribution in [0, 0.1) is 0 Å². The van der Waals surface area contributed by atoms with Crippen LogP contribution < -0.4 is 0 Å². The van der Waals surface area contributed by atoms with Crippen LogP contribution >= 0.6 is 0 Å². The summed E-state index contributed by atoms with van der Waals surface area (Å²) in [7, 11) is 0. The van der Waals surface area contributed by atoms with Crippen molar-refractivity contribution in [2.75, 3.05) is 0 Å². The molecule has 3 rings (SSSR count). The standard InChI is InChI=1S/C23H25NO3/c1-15(2)14-18-10-12-19(13-11-18)16(3)22(25)24-17(4)21(27-23(24)26)20-8-6-5-7-9-20/h5-14,16-17,21H,1-4H3/t16-,17-,21-/m1/s1. The molecule has 2 aromatic carbocycles. The Morgan fingerprint density at radius 3 is 2.30 bits per heavy atom. The van der Waals surface area contributed by atoms with Crippen molar-refractivity contribution in [3.05, 3.63) is 76.9 Å². The lowest BCUT2D eigenvalue weighted by molar-refractivity contribution is -0.130. The average Bonchev–Trinajstić information content (AvgIpc) is 2.95. The van der Waals surface area contributed by atoms with E-state index in [0.717, 1.165) is 16.7 Å². The SMILES string of the molecule is CC(C)=Cc1ccc([C@@H](C)C(=O)N2C(=O)O[C@@H](c3ccccc3)[C@H]2C)cc1. The zero-order valence-electron chi connectivity index (χ0n) is 16.2. The predicted octanol–water partition coefficient (Wildman–Crippen LogP) is 5.32. The Labute approximate surface area is 160 Å². The predicted molar refractivity (Wildman–Crippen MR) is 106 cm³/mol. The van der Waals surface area contributed by atoms with Crippen LogP contribution in [0.3, 0.4) is 0 Å². The van der Waals surface area contributed by atoms with Gasteiger partial charge in [-0.3, -0.25) is 4.79 Å². The monoisotopic (exact) mass is 363 g/mol. The lowest BCUT2D eigenvalue weighted by Crippen LogP contribution is -2.40. The summed E-state index contributed by atoms with van der Waals surface area (Å²) < 4.78 is 5.50. The summed E-state index contributed by atoms with van der Waals surface area (Å²) >= 11 is 0. The third kappa shape index (κ3) is 3.95. The van der Waals surface area contributed by atoms with E-state index >= 15 is 0 Å². The molecule has 0 saturated carbocycles.